The smallest absolute Gasteiger partial charge is 0.151 e. The molecule has 1 aromatic heterocycles. The van der Waals surface area contributed by atoms with Gasteiger partial charge in [-0.3, -0.25) is 0 Å². The third kappa shape index (κ3) is 2.36. The van der Waals surface area contributed by atoms with E-state index in [2.05, 4.69) is 15.3 Å². The molecule has 1 aromatic carbocycles. The zero-order chi connectivity index (χ0) is 12.1. The molecule has 0 aliphatic carbocycles. The third-order valence-corrected chi connectivity index (χ3v) is 2.09. The van der Waals surface area contributed by atoms with E-state index in [-0.39, 0.29) is 0 Å². The first-order valence-corrected chi connectivity index (χ1v) is 4.81. The Bertz CT molecular complexity index is 621. The lowest BCUT2D eigenvalue weighted by molar-refractivity contribution is 1.15. The molecule has 0 aliphatic heterocycles. The molecule has 0 unspecified atom stereocenters. The molecule has 0 saturated heterocycles. The summed E-state index contributed by atoms with van der Waals surface area (Å²) in [6.07, 6.45) is 2.79. The van der Waals surface area contributed by atoms with Gasteiger partial charge in [-0.05, 0) is 18.2 Å². The number of hydrogen-bond donors (Lipinski definition) is 1. The Morgan fingerprint density at radius 2 is 2.06 bits per heavy atom. The molecule has 17 heavy (non-hydrogen) atoms. The van der Waals surface area contributed by atoms with E-state index in [1.165, 1.54) is 12.5 Å². The maximum absolute atomic E-state index is 8.87. The second-order valence-corrected chi connectivity index (χ2v) is 3.21. The fourth-order valence-corrected chi connectivity index (χ4v) is 1.31. The number of benzene rings is 1. The van der Waals surface area contributed by atoms with Crippen LogP contribution < -0.4 is 5.32 Å². The lowest BCUT2D eigenvalue weighted by atomic mass is 10.2. The molecule has 0 amide bonds. The highest BCUT2D eigenvalue weighted by Crippen LogP contribution is 2.17. The molecule has 1 heterocycles. The fraction of sp³-hybridized carbons (Fsp3) is 0. The maximum atomic E-state index is 8.87. The minimum absolute atomic E-state index is 0.356. The van der Waals surface area contributed by atoms with Crippen LogP contribution in [0.3, 0.4) is 0 Å². The summed E-state index contributed by atoms with van der Waals surface area (Å²) in [6.45, 7) is 0. The van der Waals surface area contributed by atoms with Crippen molar-refractivity contribution in [2.75, 3.05) is 5.32 Å². The predicted octanol–water partition coefficient (Wildman–Crippen LogP) is 1.96. The third-order valence-electron chi connectivity index (χ3n) is 2.09. The van der Waals surface area contributed by atoms with E-state index in [4.69, 9.17) is 10.5 Å². The number of hydrogen-bond acceptors (Lipinski definition) is 5. The molecule has 0 atom stereocenters. The van der Waals surface area contributed by atoms with Gasteiger partial charge in [-0.25, -0.2) is 9.97 Å². The van der Waals surface area contributed by atoms with Crippen LogP contribution in [0, 0.1) is 22.7 Å². The van der Waals surface area contributed by atoms with Gasteiger partial charge in [0.15, 0.2) is 5.82 Å². The highest BCUT2D eigenvalue weighted by molar-refractivity contribution is 5.63. The first-order valence-electron chi connectivity index (χ1n) is 4.81. The van der Waals surface area contributed by atoms with E-state index in [0.29, 0.717) is 22.6 Å². The van der Waals surface area contributed by atoms with E-state index in [0.717, 1.165) is 0 Å². The van der Waals surface area contributed by atoms with Gasteiger partial charge in [0.05, 0.1) is 17.8 Å². The lowest BCUT2D eigenvalue weighted by Crippen LogP contribution is -1.97. The van der Waals surface area contributed by atoms with Crippen LogP contribution >= 0.6 is 0 Å². The molecule has 2 rings (SSSR count). The summed E-state index contributed by atoms with van der Waals surface area (Å²) >= 11 is 0. The Morgan fingerprint density at radius 1 is 1.18 bits per heavy atom. The summed E-state index contributed by atoms with van der Waals surface area (Å²) in [6, 6.07) is 11.0. The van der Waals surface area contributed by atoms with Gasteiger partial charge in [0, 0.05) is 5.69 Å². The summed E-state index contributed by atoms with van der Waals surface area (Å²) in [5, 5.41) is 20.6. The molecule has 2 aromatic rings. The summed E-state index contributed by atoms with van der Waals surface area (Å²) in [5.41, 5.74) is 1.61. The van der Waals surface area contributed by atoms with E-state index in [1.54, 1.807) is 24.3 Å². The van der Waals surface area contributed by atoms with Gasteiger partial charge < -0.3 is 5.32 Å². The Balaban J connectivity index is 2.32. The molecule has 0 fully saturated rings. The van der Waals surface area contributed by atoms with Crippen LogP contribution in [0.2, 0.25) is 0 Å². The molecule has 0 bridgehead atoms. The van der Waals surface area contributed by atoms with Gasteiger partial charge in [0.25, 0.3) is 0 Å². The minimum atomic E-state index is 0.356. The van der Waals surface area contributed by atoms with Crippen molar-refractivity contribution >= 4 is 11.5 Å². The van der Waals surface area contributed by atoms with Crippen molar-refractivity contribution in [1.29, 1.82) is 10.5 Å². The van der Waals surface area contributed by atoms with Crippen molar-refractivity contribution < 1.29 is 0 Å². The molecule has 0 aliphatic rings. The Kier molecular flexibility index (Phi) is 2.95. The highest BCUT2D eigenvalue weighted by Gasteiger charge is 2.03. The molecule has 80 valence electrons. The van der Waals surface area contributed by atoms with E-state index >= 15 is 0 Å². The van der Waals surface area contributed by atoms with Crippen LogP contribution in [0.4, 0.5) is 11.5 Å². The van der Waals surface area contributed by atoms with Crippen molar-refractivity contribution in [3.8, 4) is 12.1 Å². The largest absolute Gasteiger partial charge is 0.339 e. The number of rotatable bonds is 2. The van der Waals surface area contributed by atoms with Gasteiger partial charge in [0.2, 0.25) is 0 Å². The Labute approximate surface area is 98.0 Å². The molecule has 0 saturated carbocycles. The molecule has 0 spiro atoms. The van der Waals surface area contributed by atoms with Crippen molar-refractivity contribution in [3.63, 3.8) is 0 Å². The maximum Gasteiger partial charge on any atom is 0.151 e. The molecule has 1 N–H and O–H groups in total. The number of nitrogens with one attached hydrogen (secondary N) is 1. The quantitative estimate of drug-likeness (QED) is 0.837. The van der Waals surface area contributed by atoms with E-state index < -0.39 is 0 Å². The van der Waals surface area contributed by atoms with E-state index in [9.17, 15) is 0 Å². The van der Waals surface area contributed by atoms with Crippen molar-refractivity contribution in [3.05, 3.63) is 47.9 Å². The van der Waals surface area contributed by atoms with Crippen LogP contribution in [0.5, 0.6) is 0 Å². The average molecular weight is 221 g/mol. The van der Waals surface area contributed by atoms with Gasteiger partial charge in [-0.2, -0.15) is 10.5 Å². The second kappa shape index (κ2) is 4.73. The minimum Gasteiger partial charge on any atom is -0.339 e. The summed E-state index contributed by atoms with van der Waals surface area (Å²) in [7, 11) is 0. The number of anilines is 2. The number of nitrogens with zero attached hydrogens (tertiary/aromatic N) is 4. The summed E-state index contributed by atoms with van der Waals surface area (Å²) in [4.78, 5) is 7.74. The Hall–Kier alpha value is -2.92. The first-order chi connectivity index (χ1) is 8.33. The monoisotopic (exact) mass is 221 g/mol. The topological polar surface area (TPSA) is 85.4 Å². The van der Waals surface area contributed by atoms with Crippen LogP contribution in [0.25, 0.3) is 0 Å². The standard InChI is InChI=1S/C12H7N5/c13-5-9-2-1-3-11(4-9)17-12-10(6-14)7-15-8-16-12/h1-4,7-8H,(H,15,16,17). The average Bonchev–Trinajstić information content (AvgIpc) is 2.39. The van der Waals surface area contributed by atoms with Gasteiger partial charge in [-0.1, -0.05) is 6.07 Å². The molecule has 0 radical (unpaired) electrons. The van der Waals surface area contributed by atoms with Crippen LogP contribution in [0.15, 0.2) is 36.8 Å². The van der Waals surface area contributed by atoms with Gasteiger partial charge >= 0.3 is 0 Å². The molecule has 5 heteroatoms. The van der Waals surface area contributed by atoms with Crippen LogP contribution in [-0.2, 0) is 0 Å². The summed E-state index contributed by atoms with van der Waals surface area (Å²) < 4.78 is 0. The van der Waals surface area contributed by atoms with Crippen molar-refractivity contribution in [2.45, 2.75) is 0 Å². The number of nitriles is 2. The highest BCUT2D eigenvalue weighted by atomic mass is 15.0. The normalized spacial score (nSPS) is 9.06. The first kappa shape index (κ1) is 10.6. The SMILES string of the molecule is N#Cc1cccc(Nc2ncncc2C#N)c1. The predicted molar refractivity (Wildman–Crippen MR) is 61.2 cm³/mol. The zero-order valence-corrected chi connectivity index (χ0v) is 8.75. The second-order valence-electron chi connectivity index (χ2n) is 3.21. The zero-order valence-electron chi connectivity index (χ0n) is 8.75. The van der Waals surface area contributed by atoms with Crippen molar-refractivity contribution in [1.82, 2.24) is 9.97 Å². The van der Waals surface area contributed by atoms with Crippen LogP contribution in [-0.4, -0.2) is 9.97 Å². The Morgan fingerprint density at radius 3 is 2.82 bits per heavy atom. The van der Waals surface area contributed by atoms with Gasteiger partial charge in [0.1, 0.15) is 18.0 Å². The number of aromatic nitrogens is 2. The van der Waals surface area contributed by atoms with Gasteiger partial charge in [-0.15, -0.1) is 0 Å². The fourth-order valence-electron chi connectivity index (χ4n) is 1.31. The molecular formula is C12H7N5. The van der Waals surface area contributed by atoms with E-state index in [1.807, 2.05) is 12.1 Å². The molecular weight excluding hydrogens is 214 g/mol. The lowest BCUT2D eigenvalue weighted by Gasteiger charge is -2.06. The van der Waals surface area contributed by atoms with Crippen LogP contribution in [0.1, 0.15) is 11.1 Å². The van der Waals surface area contributed by atoms with Crippen molar-refractivity contribution in [2.24, 2.45) is 0 Å². The molecule has 5 nitrogen and oxygen atoms in total. The summed E-state index contributed by atoms with van der Waals surface area (Å²) in [5.74, 6) is 0.428.